The molecule has 1 aromatic rings. The van der Waals surface area contributed by atoms with Gasteiger partial charge in [0.05, 0.1) is 11.4 Å². The van der Waals surface area contributed by atoms with Crippen molar-refractivity contribution in [3.63, 3.8) is 0 Å². The molecule has 0 bridgehead atoms. The number of anilines is 2. The number of hydrogen-bond donors (Lipinski definition) is 1. The molecule has 0 amide bonds. The Hall–Kier alpha value is -1.22. The average Bonchev–Trinajstić information content (AvgIpc) is 2.47. The van der Waals surface area contributed by atoms with E-state index in [9.17, 15) is 0 Å². The highest BCUT2D eigenvalue weighted by Gasteiger charge is 2.29. The Balaban J connectivity index is 2.25. The Morgan fingerprint density at radius 3 is 2.70 bits per heavy atom. The van der Waals surface area contributed by atoms with Gasteiger partial charge in [0, 0.05) is 39.3 Å². The Morgan fingerprint density at radius 2 is 2.05 bits per heavy atom. The van der Waals surface area contributed by atoms with Gasteiger partial charge in [-0.3, -0.25) is 0 Å². The second-order valence-corrected chi connectivity index (χ2v) is 6.28. The number of nitrogens with one attached hydrogen (secondary N) is 1. The maximum absolute atomic E-state index is 3.71. The van der Waals surface area contributed by atoms with Crippen LogP contribution < -0.4 is 15.1 Å². The lowest BCUT2D eigenvalue weighted by Gasteiger charge is -2.43. The van der Waals surface area contributed by atoms with Crippen molar-refractivity contribution in [3.8, 4) is 0 Å². The van der Waals surface area contributed by atoms with Crippen LogP contribution >= 0.6 is 0 Å². The van der Waals surface area contributed by atoms with Crippen molar-refractivity contribution in [1.82, 2.24) is 5.32 Å². The zero-order valence-corrected chi connectivity index (χ0v) is 13.6. The van der Waals surface area contributed by atoms with Gasteiger partial charge in [-0.15, -0.1) is 0 Å². The maximum Gasteiger partial charge on any atom is 0.0607 e. The van der Waals surface area contributed by atoms with Crippen LogP contribution in [0.3, 0.4) is 0 Å². The lowest BCUT2D eigenvalue weighted by atomic mass is 9.95. The monoisotopic (exact) mass is 275 g/mol. The molecule has 1 aromatic carbocycles. The van der Waals surface area contributed by atoms with Gasteiger partial charge in [-0.2, -0.15) is 0 Å². The van der Waals surface area contributed by atoms with E-state index < -0.39 is 0 Å². The number of nitrogens with zero attached hydrogens (tertiary/aromatic N) is 2. The summed E-state index contributed by atoms with van der Waals surface area (Å²) < 4.78 is 0. The lowest BCUT2D eigenvalue weighted by Crippen LogP contribution is -2.57. The Bertz CT molecular complexity index is 430. The highest BCUT2D eigenvalue weighted by Crippen LogP contribution is 2.31. The zero-order valence-electron chi connectivity index (χ0n) is 13.6. The quantitative estimate of drug-likeness (QED) is 0.911. The van der Waals surface area contributed by atoms with Crippen LogP contribution in [-0.4, -0.2) is 39.3 Å². The first-order valence-corrected chi connectivity index (χ1v) is 7.81. The standard InChI is InChI=1S/C17H29N3/c1-6-13(2)15-12-20(14(3)11-18-15)17-10-8-7-9-16(17)19(4)5/h7-10,13-15,18H,6,11-12H2,1-5H3. The largest absolute Gasteiger partial charge is 0.376 e. The molecule has 1 N–H and O–H groups in total. The minimum atomic E-state index is 0.538. The summed E-state index contributed by atoms with van der Waals surface area (Å²) in [5.41, 5.74) is 2.67. The molecule has 0 aromatic heterocycles. The van der Waals surface area contributed by atoms with Crippen molar-refractivity contribution in [3.05, 3.63) is 24.3 Å². The molecule has 1 saturated heterocycles. The second-order valence-electron chi connectivity index (χ2n) is 6.28. The summed E-state index contributed by atoms with van der Waals surface area (Å²) in [5, 5.41) is 3.71. The molecule has 1 aliphatic heterocycles. The van der Waals surface area contributed by atoms with E-state index >= 15 is 0 Å². The van der Waals surface area contributed by atoms with Gasteiger partial charge in [-0.05, 0) is 25.0 Å². The second kappa shape index (κ2) is 6.49. The van der Waals surface area contributed by atoms with Crippen LogP contribution in [0.1, 0.15) is 27.2 Å². The number of para-hydroxylation sites is 2. The summed E-state index contributed by atoms with van der Waals surface area (Å²) >= 11 is 0. The van der Waals surface area contributed by atoms with E-state index in [0.717, 1.165) is 19.0 Å². The van der Waals surface area contributed by atoms with Crippen molar-refractivity contribution in [1.29, 1.82) is 0 Å². The first-order valence-electron chi connectivity index (χ1n) is 7.81. The summed E-state index contributed by atoms with van der Waals surface area (Å²) in [6, 6.07) is 9.86. The van der Waals surface area contributed by atoms with Crippen LogP contribution in [0.2, 0.25) is 0 Å². The van der Waals surface area contributed by atoms with Gasteiger partial charge in [0.2, 0.25) is 0 Å². The van der Waals surface area contributed by atoms with Gasteiger partial charge in [0.25, 0.3) is 0 Å². The molecule has 0 saturated carbocycles. The molecule has 3 atom stereocenters. The van der Waals surface area contributed by atoms with Crippen LogP contribution in [-0.2, 0) is 0 Å². The number of hydrogen-bond acceptors (Lipinski definition) is 3. The Kier molecular flexibility index (Phi) is 4.92. The fourth-order valence-electron chi connectivity index (χ4n) is 2.98. The van der Waals surface area contributed by atoms with E-state index in [4.69, 9.17) is 0 Å². The molecule has 3 heteroatoms. The average molecular weight is 275 g/mol. The summed E-state index contributed by atoms with van der Waals surface area (Å²) in [5.74, 6) is 0.719. The Labute approximate surface area is 124 Å². The van der Waals surface area contributed by atoms with Crippen LogP contribution in [0.25, 0.3) is 0 Å². The van der Waals surface area contributed by atoms with E-state index in [1.54, 1.807) is 0 Å². The molecule has 3 nitrogen and oxygen atoms in total. The highest BCUT2D eigenvalue weighted by molar-refractivity contribution is 5.71. The molecule has 3 unspecified atom stereocenters. The van der Waals surface area contributed by atoms with Gasteiger partial charge in [0.15, 0.2) is 0 Å². The molecule has 0 radical (unpaired) electrons. The zero-order chi connectivity index (χ0) is 14.7. The van der Waals surface area contributed by atoms with Crippen LogP contribution in [0.15, 0.2) is 24.3 Å². The topological polar surface area (TPSA) is 18.5 Å². The molecule has 0 aliphatic carbocycles. The molecule has 112 valence electrons. The SMILES string of the molecule is CCC(C)C1CN(c2ccccc2N(C)C)C(C)CN1. The Morgan fingerprint density at radius 1 is 1.35 bits per heavy atom. The molecule has 0 spiro atoms. The van der Waals surface area contributed by atoms with E-state index in [0.29, 0.717) is 12.1 Å². The van der Waals surface area contributed by atoms with E-state index in [1.165, 1.54) is 17.8 Å². The van der Waals surface area contributed by atoms with Gasteiger partial charge >= 0.3 is 0 Å². The lowest BCUT2D eigenvalue weighted by molar-refractivity contribution is 0.316. The maximum atomic E-state index is 3.71. The molecule has 1 heterocycles. The minimum absolute atomic E-state index is 0.538. The normalized spacial score (nSPS) is 24.6. The third-order valence-electron chi connectivity index (χ3n) is 4.60. The predicted octanol–water partition coefficient (Wildman–Crippen LogP) is 2.97. The molecule has 2 rings (SSSR count). The van der Waals surface area contributed by atoms with E-state index in [1.807, 2.05) is 0 Å². The molecular weight excluding hydrogens is 246 g/mol. The fraction of sp³-hybridized carbons (Fsp3) is 0.647. The third kappa shape index (κ3) is 3.09. The van der Waals surface area contributed by atoms with Crippen molar-refractivity contribution < 1.29 is 0 Å². The summed E-state index contributed by atoms with van der Waals surface area (Å²) in [6.45, 7) is 9.11. The van der Waals surface area contributed by atoms with Gasteiger partial charge in [0.1, 0.15) is 0 Å². The first-order chi connectivity index (χ1) is 9.54. The van der Waals surface area contributed by atoms with E-state index in [2.05, 4.69) is 74.2 Å². The molecular formula is C17H29N3. The van der Waals surface area contributed by atoms with Crippen molar-refractivity contribution in [2.75, 3.05) is 37.0 Å². The molecule has 1 fully saturated rings. The molecule has 20 heavy (non-hydrogen) atoms. The smallest absolute Gasteiger partial charge is 0.0607 e. The first kappa shape index (κ1) is 15.2. The number of benzene rings is 1. The minimum Gasteiger partial charge on any atom is -0.376 e. The van der Waals surface area contributed by atoms with Crippen LogP contribution in [0.5, 0.6) is 0 Å². The van der Waals surface area contributed by atoms with Crippen LogP contribution in [0.4, 0.5) is 11.4 Å². The van der Waals surface area contributed by atoms with Gasteiger partial charge < -0.3 is 15.1 Å². The van der Waals surface area contributed by atoms with E-state index in [-0.39, 0.29) is 0 Å². The summed E-state index contributed by atoms with van der Waals surface area (Å²) in [7, 11) is 4.25. The van der Waals surface area contributed by atoms with Crippen molar-refractivity contribution >= 4 is 11.4 Å². The van der Waals surface area contributed by atoms with Gasteiger partial charge in [-0.25, -0.2) is 0 Å². The van der Waals surface area contributed by atoms with Crippen molar-refractivity contribution in [2.24, 2.45) is 5.92 Å². The third-order valence-corrected chi connectivity index (χ3v) is 4.60. The number of piperazine rings is 1. The summed E-state index contributed by atoms with van der Waals surface area (Å²) in [4.78, 5) is 4.78. The predicted molar refractivity (Wildman–Crippen MR) is 88.8 cm³/mol. The van der Waals surface area contributed by atoms with Gasteiger partial charge in [-0.1, -0.05) is 32.4 Å². The molecule has 1 aliphatic rings. The van der Waals surface area contributed by atoms with Crippen molar-refractivity contribution in [2.45, 2.75) is 39.3 Å². The fourth-order valence-corrected chi connectivity index (χ4v) is 2.98. The number of rotatable bonds is 4. The highest BCUT2D eigenvalue weighted by atomic mass is 15.3. The summed E-state index contributed by atoms with van der Waals surface area (Å²) in [6.07, 6.45) is 1.23. The van der Waals surface area contributed by atoms with Crippen LogP contribution in [0, 0.1) is 5.92 Å².